The summed E-state index contributed by atoms with van der Waals surface area (Å²) in [5.74, 6) is 0.313. The van der Waals surface area contributed by atoms with Gasteiger partial charge in [0, 0.05) is 13.6 Å². The highest BCUT2D eigenvalue weighted by Crippen LogP contribution is 1.95. The van der Waals surface area contributed by atoms with Crippen LogP contribution in [-0.4, -0.2) is 33.9 Å². The molecule has 14 heavy (non-hydrogen) atoms. The fourth-order valence-corrected chi connectivity index (χ4v) is 0.930. The zero-order valence-corrected chi connectivity index (χ0v) is 8.36. The number of hydrogen-bond donors (Lipinski definition) is 1. The number of esters is 1. The van der Waals surface area contributed by atoms with E-state index in [1.165, 1.54) is 0 Å². The molecule has 0 fully saturated rings. The molecule has 0 radical (unpaired) electrons. The highest BCUT2D eigenvalue weighted by atomic mass is 16.5. The molecule has 0 saturated carbocycles. The topological polar surface area (TPSA) is 69.0 Å². The Morgan fingerprint density at radius 2 is 2.50 bits per heavy atom. The molecule has 0 spiro atoms. The number of anilines is 1. The summed E-state index contributed by atoms with van der Waals surface area (Å²) in [5, 5.41) is 6.91. The van der Waals surface area contributed by atoms with Crippen LogP contribution < -0.4 is 5.32 Å². The van der Waals surface area contributed by atoms with Crippen molar-refractivity contribution in [3.05, 3.63) is 6.33 Å². The van der Waals surface area contributed by atoms with Gasteiger partial charge >= 0.3 is 5.97 Å². The first-order chi connectivity index (χ1) is 6.72. The van der Waals surface area contributed by atoms with Gasteiger partial charge in [0.1, 0.15) is 6.33 Å². The largest absolute Gasteiger partial charge is 0.466 e. The molecule has 0 unspecified atom stereocenters. The van der Waals surface area contributed by atoms with E-state index >= 15 is 0 Å². The lowest BCUT2D eigenvalue weighted by Crippen LogP contribution is -2.12. The number of ether oxygens (including phenoxy) is 1. The van der Waals surface area contributed by atoms with Gasteiger partial charge in [-0.1, -0.05) is 0 Å². The van der Waals surface area contributed by atoms with Crippen LogP contribution >= 0.6 is 0 Å². The van der Waals surface area contributed by atoms with Crippen molar-refractivity contribution >= 4 is 11.9 Å². The summed E-state index contributed by atoms with van der Waals surface area (Å²) < 4.78 is 6.35. The number of nitrogens with one attached hydrogen (secondary N) is 1. The number of rotatable bonds is 5. The molecule has 0 aromatic carbocycles. The van der Waals surface area contributed by atoms with E-state index in [0.29, 0.717) is 25.5 Å². The molecule has 1 rings (SSSR count). The van der Waals surface area contributed by atoms with E-state index in [1.807, 2.05) is 0 Å². The van der Waals surface area contributed by atoms with Gasteiger partial charge in [-0.25, -0.2) is 4.98 Å². The first-order valence-corrected chi connectivity index (χ1v) is 4.47. The Labute approximate surface area is 82.3 Å². The van der Waals surface area contributed by atoms with Crippen LogP contribution in [0.15, 0.2) is 6.33 Å². The normalized spacial score (nSPS) is 9.86. The zero-order valence-electron chi connectivity index (χ0n) is 8.36. The first kappa shape index (κ1) is 10.5. The second-order valence-electron chi connectivity index (χ2n) is 2.72. The van der Waals surface area contributed by atoms with Crippen LogP contribution in [0.4, 0.5) is 5.95 Å². The Bertz CT molecular complexity index is 297. The van der Waals surface area contributed by atoms with Gasteiger partial charge in [-0.05, 0) is 6.92 Å². The summed E-state index contributed by atoms with van der Waals surface area (Å²) in [7, 11) is 1.78. The van der Waals surface area contributed by atoms with Crippen molar-refractivity contribution in [3.63, 3.8) is 0 Å². The van der Waals surface area contributed by atoms with Crippen LogP contribution in [0, 0.1) is 0 Å². The van der Waals surface area contributed by atoms with Crippen LogP contribution in [0.25, 0.3) is 0 Å². The second kappa shape index (κ2) is 5.21. The number of nitrogens with zero attached hydrogens (tertiary/aromatic N) is 3. The molecule has 1 aromatic rings. The molecular formula is C8H14N4O2. The zero-order chi connectivity index (χ0) is 10.4. The van der Waals surface area contributed by atoms with E-state index in [-0.39, 0.29) is 5.97 Å². The Morgan fingerprint density at radius 3 is 3.07 bits per heavy atom. The molecule has 0 aliphatic rings. The third-order valence-corrected chi connectivity index (χ3v) is 1.52. The highest BCUT2D eigenvalue weighted by molar-refractivity contribution is 5.69. The summed E-state index contributed by atoms with van der Waals surface area (Å²) in [4.78, 5) is 14.9. The maximum absolute atomic E-state index is 10.9. The predicted octanol–water partition coefficient (Wildman–Crippen LogP) is 0.180. The molecule has 78 valence electrons. The lowest BCUT2D eigenvalue weighted by Gasteiger charge is -2.01. The van der Waals surface area contributed by atoms with Crippen LogP contribution in [0.1, 0.15) is 13.3 Å². The van der Waals surface area contributed by atoms with E-state index in [0.717, 1.165) is 0 Å². The SMILES string of the molecule is CCOC(=O)CCNc1ncn(C)n1. The van der Waals surface area contributed by atoms with Crippen LogP contribution in [-0.2, 0) is 16.6 Å². The van der Waals surface area contributed by atoms with Gasteiger partial charge in [0.25, 0.3) is 0 Å². The average molecular weight is 198 g/mol. The van der Waals surface area contributed by atoms with Crippen molar-refractivity contribution in [1.82, 2.24) is 14.8 Å². The molecule has 6 nitrogen and oxygen atoms in total. The Hall–Kier alpha value is -1.59. The Morgan fingerprint density at radius 1 is 1.71 bits per heavy atom. The average Bonchev–Trinajstić information content (AvgIpc) is 2.52. The quantitative estimate of drug-likeness (QED) is 0.683. The van der Waals surface area contributed by atoms with Crippen LogP contribution in [0.3, 0.4) is 0 Å². The number of aryl methyl sites for hydroxylation is 1. The third kappa shape index (κ3) is 3.42. The van der Waals surface area contributed by atoms with E-state index in [4.69, 9.17) is 4.74 Å². The molecule has 0 aliphatic heterocycles. The standard InChI is InChI=1S/C8H14N4O2/c1-3-14-7(13)4-5-9-8-10-6-12(2)11-8/h6H,3-5H2,1-2H3,(H,9,11). The fraction of sp³-hybridized carbons (Fsp3) is 0.625. The molecule has 0 saturated heterocycles. The lowest BCUT2D eigenvalue weighted by atomic mass is 10.4. The summed E-state index contributed by atoms with van der Waals surface area (Å²) in [6.45, 7) is 2.69. The van der Waals surface area contributed by atoms with Crippen molar-refractivity contribution in [2.45, 2.75) is 13.3 Å². The minimum atomic E-state index is -0.212. The number of aromatic nitrogens is 3. The number of carbonyl (C=O) groups excluding carboxylic acids is 1. The van der Waals surface area contributed by atoms with Gasteiger partial charge in [-0.3, -0.25) is 9.48 Å². The van der Waals surface area contributed by atoms with Gasteiger partial charge in [-0.15, -0.1) is 5.10 Å². The lowest BCUT2D eigenvalue weighted by molar-refractivity contribution is -0.142. The van der Waals surface area contributed by atoms with Crippen LogP contribution in [0.2, 0.25) is 0 Å². The molecular weight excluding hydrogens is 184 g/mol. The van der Waals surface area contributed by atoms with Crippen molar-refractivity contribution in [1.29, 1.82) is 0 Å². The van der Waals surface area contributed by atoms with Crippen molar-refractivity contribution in [2.75, 3.05) is 18.5 Å². The molecule has 1 heterocycles. The molecule has 6 heteroatoms. The van der Waals surface area contributed by atoms with Crippen molar-refractivity contribution < 1.29 is 9.53 Å². The van der Waals surface area contributed by atoms with Gasteiger partial charge in [0.2, 0.25) is 5.95 Å². The summed E-state index contributed by atoms with van der Waals surface area (Å²) in [5.41, 5.74) is 0. The van der Waals surface area contributed by atoms with E-state index < -0.39 is 0 Å². The molecule has 0 aliphatic carbocycles. The third-order valence-electron chi connectivity index (χ3n) is 1.52. The minimum absolute atomic E-state index is 0.212. The smallest absolute Gasteiger partial charge is 0.307 e. The fourth-order valence-electron chi connectivity index (χ4n) is 0.930. The molecule has 1 N–H and O–H groups in total. The number of carbonyl (C=O) groups is 1. The maximum atomic E-state index is 10.9. The Kier molecular flexibility index (Phi) is 3.90. The van der Waals surface area contributed by atoms with Crippen molar-refractivity contribution in [3.8, 4) is 0 Å². The highest BCUT2D eigenvalue weighted by Gasteiger charge is 2.02. The van der Waals surface area contributed by atoms with Gasteiger partial charge < -0.3 is 10.1 Å². The van der Waals surface area contributed by atoms with Gasteiger partial charge in [-0.2, -0.15) is 0 Å². The van der Waals surface area contributed by atoms with Crippen molar-refractivity contribution in [2.24, 2.45) is 7.05 Å². The number of hydrogen-bond acceptors (Lipinski definition) is 5. The monoisotopic (exact) mass is 198 g/mol. The molecule has 0 bridgehead atoms. The van der Waals surface area contributed by atoms with E-state index in [1.54, 1.807) is 25.0 Å². The van der Waals surface area contributed by atoms with Gasteiger partial charge in [0.15, 0.2) is 0 Å². The first-order valence-electron chi connectivity index (χ1n) is 4.47. The van der Waals surface area contributed by atoms with Crippen LogP contribution in [0.5, 0.6) is 0 Å². The van der Waals surface area contributed by atoms with Gasteiger partial charge in [0.05, 0.1) is 13.0 Å². The van der Waals surface area contributed by atoms with E-state index in [2.05, 4.69) is 15.4 Å². The predicted molar refractivity (Wildman–Crippen MR) is 50.7 cm³/mol. The van der Waals surface area contributed by atoms with E-state index in [9.17, 15) is 4.79 Å². The summed E-state index contributed by atoms with van der Waals surface area (Å²) >= 11 is 0. The molecule has 0 atom stereocenters. The summed E-state index contributed by atoms with van der Waals surface area (Å²) in [6.07, 6.45) is 1.92. The maximum Gasteiger partial charge on any atom is 0.307 e. The Balaban J connectivity index is 2.18. The molecule has 0 amide bonds. The minimum Gasteiger partial charge on any atom is -0.466 e. The molecule has 1 aromatic heterocycles. The summed E-state index contributed by atoms with van der Waals surface area (Å²) in [6, 6.07) is 0. The second-order valence-corrected chi connectivity index (χ2v) is 2.72.